The van der Waals surface area contributed by atoms with Gasteiger partial charge in [0.2, 0.25) is 6.54 Å². The number of hydrogen-bond donors (Lipinski definition) is 0. The molecule has 0 bridgehead atoms. The number of carbonyl (C=O) groups excluding carboxylic acids is 2. The number of carbonyl (C=O) groups is 2. The lowest BCUT2D eigenvalue weighted by Crippen LogP contribution is -2.40. The largest absolute Gasteiger partial charge is 0.299 e. The number of Topliss-reactive ketones (excluding diaryl/α,β-unsaturated/α-hetero) is 1. The number of nitrogens with zero attached hydrogens (tertiary/aromatic N) is 2. The highest BCUT2D eigenvalue weighted by molar-refractivity contribution is 7.10. The van der Waals surface area contributed by atoms with Gasteiger partial charge < -0.3 is 0 Å². The molecule has 1 amide bonds. The Morgan fingerprint density at radius 2 is 2.20 bits per heavy atom. The summed E-state index contributed by atoms with van der Waals surface area (Å²) in [6.07, 6.45) is 0. The first-order valence-corrected chi connectivity index (χ1v) is 6.73. The lowest BCUT2D eigenvalue weighted by Gasteiger charge is -2.24. The minimum Gasteiger partial charge on any atom is -0.299 e. The summed E-state index contributed by atoms with van der Waals surface area (Å²) in [6, 6.07) is 3.42. The summed E-state index contributed by atoms with van der Waals surface area (Å²) in [5.74, 6) is -2.91. The summed E-state index contributed by atoms with van der Waals surface area (Å²) in [7, 11) is 2.67. The topological polar surface area (TPSA) is 89.8 Å². The van der Waals surface area contributed by atoms with E-state index in [2.05, 4.69) is 0 Å². The molecule has 0 spiro atoms. The minimum atomic E-state index is -1.12. The first kappa shape index (κ1) is 16.3. The third-order valence-corrected chi connectivity index (χ3v) is 3.95. The molecule has 0 N–H and O–H groups in total. The van der Waals surface area contributed by atoms with E-state index < -0.39 is 35.0 Å². The summed E-state index contributed by atoms with van der Waals surface area (Å²) in [4.78, 5) is 39.7. The molecule has 20 heavy (non-hydrogen) atoms. The maximum atomic E-state index is 12.2. The minimum absolute atomic E-state index is 0.417. The molecule has 0 aromatic carbocycles. The first-order valence-electron chi connectivity index (χ1n) is 5.85. The molecule has 1 rings (SSSR count). The van der Waals surface area contributed by atoms with E-state index in [1.54, 1.807) is 17.5 Å². The summed E-state index contributed by atoms with van der Waals surface area (Å²) >= 11 is 1.29. The van der Waals surface area contributed by atoms with Crippen LogP contribution in [0.5, 0.6) is 0 Å². The van der Waals surface area contributed by atoms with Crippen molar-refractivity contribution in [2.75, 3.05) is 20.7 Å². The van der Waals surface area contributed by atoms with Crippen molar-refractivity contribution in [1.82, 2.24) is 5.06 Å². The van der Waals surface area contributed by atoms with Crippen LogP contribution in [0, 0.1) is 16.0 Å². The Morgan fingerprint density at radius 1 is 1.55 bits per heavy atom. The van der Waals surface area contributed by atoms with E-state index in [9.17, 15) is 19.7 Å². The van der Waals surface area contributed by atoms with Crippen molar-refractivity contribution in [2.24, 2.45) is 5.92 Å². The molecule has 0 aliphatic carbocycles. The summed E-state index contributed by atoms with van der Waals surface area (Å²) in [5, 5.41) is 13.5. The Balaban J connectivity index is 3.15. The van der Waals surface area contributed by atoms with Crippen molar-refractivity contribution in [3.05, 3.63) is 32.5 Å². The fraction of sp³-hybridized carbons (Fsp3) is 0.500. The number of rotatable bonds is 7. The Kier molecular flexibility index (Phi) is 5.78. The van der Waals surface area contributed by atoms with E-state index in [1.807, 2.05) is 0 Å². The van der Waals surface area contributed by atoms with E-state index >= 15 is 0 Å². The Morgan fingerprint density at radius 3 is 2.60 bits per heavy atom. The van der Waals surface area contributed by atoms with Crippen LogP contribution in [0.2, 0.25) is 0 Å². The van der Waals surface area contributed by atoms with Gasteiger partial charge in [0, 0.05) is 16.8 Å². The SMILES string of the molecule is CON(C)C(=O)[C@H](C(C)=O)[C@@H](C[N+](=O)[O-])c1cccs1. The van der Waals surface area contributed by atoms with E-state index in [0.717, 1.165) is 5.06 Å². The average Bonchev–Trinajstić information content (AvgIpc) is 2.89. The highest BCUT2D eigenvalue weighted by Gasteiger charge is 2.39. The smallest absolute Gasteiger partial charge is 0.257 e. The van der Waals surface area contributed by atoms with E-state index in [0.29, 0.717) is 4.88 Å². The molecule has 0 aliphatic rings. The third kappa shape index (κ3) is 3.84. The second-order valence-corrected chi connectivity index (χ2v) is 5.22. The quantitative estimate of drug-likeness (QED) is 0.430. The molecule has 8 heteroatoms. The Hall–Kier alpha value is -1.80. The third-order valence-electron chi connectivity index (χ3n) is 2.95. The fourth-order valence-electron chi connectivity index (χ4n) is 1.94. The Labute approximate surface area is 120 Å². The number of hydroxylamine groups is 2. The predicted molar refractivity (Wildman–Crippen MR) is 72.9 cm³/mol. The standard InChI is InChI=1S/C12H16N2O5S/c1-8(15)11(12(16)13(2)19-3)9(7-14(17)18)10-5-4-6-20-10/h4-6,9,11H,7H2,1-3H3/t9-,11+/m0/s1. The van der Waals surface area contributed by atoms with Gasteiger partial charge >= 0.3 is 0 Å². The first-order chi connectivity index (χ1) is 9.38. The van der Waals surface area contributed by atoms with Crippen LogP contribution in [-0.4, -0.2) is 42.4 Å². The van der Waals surface area contributed by atoms with Crippen LogP contribution < -0.4 is 0 Å². The normalized spacial score (nSPS) is 13.6. The molecule has 0 saturated carbocycles. The number of amides is 1. The molecular weight excluding hydrogens is 284 g/mol. The van der Waals surface area contributed by atoms with Crippen LogP contribution in [0.25, 0.3) is 0 Å². The summed E-state index contributed by atoms with van der Waals surface area (Å²) < 4.78 is 0. The van der Waals surface area contributed by atoms with Crippen LogP contribution in [0.3, 0.4) is 0 Å². The molecule has 2 atom stereocenters. The van der Waals surface area contributed by atoms with E-state index in [-0.39, 0.29) is 0 Å². The number of nitro groups is 1. The van der Waals surface area contributed by atoms with Gasteiger partial charge in [-0.25, -0.2) is 5.06 Å². The molecule has 0 radical (unpaired) electrons. The van der Waals surface area contributed by atoms with Gasteiger partial charge in [-0.05, 0) is 18.4 Å². The second-order valence-electron chi connectivity index (χ2n) is 4.24. The number of ketones is 1. The van der Waals surface area contributed by atoms with Crippen LogP contribution in [-0.2, 0) is 14.4 Å². The Bertz CT molecular complexity index is 488. The van der Waals surface area contributed by atoms with Gasteiger partial charge in [0.1, 0.15) is 11.7 Å². The zero-order valence-corrected chi connectivity index (χ0v) is 12.3. The molecule has 0 saturated heterocycles. The van der Waals surface area contributed by atoms with Gasteiger partial charge in [-0.15, -0.1) is 11.3 Å². The van der Waals surface area contributed by atoms with Gasteiger partial charge in [0.25, 0.3) is 5.91 Å². The van der Waals surface area contributed by atoms with Gasteiger partial charge in [0.05, 0.1) is 13.0 Å². The van der Waals surface area contributed by atoms with Crippen LogP contribution in [0.1, 0.15) is 17.7 Å². The number of hydrogen-bond acceptors (Lipinski definition) is 6. The van der Waals surface area contributed by atoms with E-state index in [1.165, 1.54) is 32.4 Å². The van der Waals surface area contributed by atoms with Crippen molar-refractivity contribution >= 4 is 23.0 Å². The van der Waals surface area contributed by atoms with Crippen molar-refractivity contribution < 1.29 is 19.3 Å². The predicted octanol–water partition coefficient (Wildman–Crippen LogP) is 1.33. The molecule has 1 aromatic heterocycles. The summed E-state index contributed by atoms with van der Waals surface area (Å²) in [5.41, 5.74) is 0. The molecule has 1 aromatic rings. The number of thiophene rings is 1. The van der Waals surface area contributed by atoms with Crippen LogP contribution in [0.4, 0.5) is 0 Å². The zero-order valence-electron chi connectivity index (χ0n) is 11.4. The van der Waals surface area contributed by atoms with Crippen LogP contribution >= 0.6 is 11.3 Å². The molecule has 0 aliphatic heterocycles. The fourth-order valence-corrected chi connectivity index (χ4v) is 2.79. The molecule has 7 nitrogen and oxygen atoms in total. The zero-order chi connectivity index (χ0) is 15.3. The lowest BCUT2D eigenvalue weighted by atomic mass is 9.87. The van der Waals surface area contributed by atoms with Gasteiger partial charge in [0.15, 0.2) is 0 Å². The van der Waals surface area contributed by atoms with Crippen molar-refractivity contribution in [3.8, 4) is 0 Å². The van der Waals surface area contributed by atoms with Gasteiger partial charge in [-0.2, -0.15) is 0 Å². The van der Waals surface area contributed by atoms with E-state index in [4.69, 9.17) is 4.84 Å². The molecule has 110 valence electrons. The summed E-state index contributed by atoms with van der Waals surface area (Å²) in [6.45, 7) is 0.778. The lowest BCUT2D eigenvalue weighted by molar-refractivity contribution is -0.484. The molecule has 0 unspecified atom stereocenters. The monoisotopic (exact) mass is 300 g/mol. The molecular formula is C12H16N2O5S. The highest BCUT2D eigenvalue weighted by Crippen LogP contribution is 2.30. The van der Waals surface area contributed by atoms with Crippen molar-refractivity contribution in [2.45, 2.75) is 12.8 Å². The van der Waals surface area contributed by atoms with Crippen LogP contribution in [0.15, 0.2) is 17.5 Å². The highest BCUT2D eigenvalue weighted by atomic mass is 32.1. The maximum absolute atomic E-state index is 12.2. The van der Waals surface area contributed by atoms with Crippen molar-refractivity contribution in [3.63, 3.8) is 0 Å². The van der Waals surface area contributed by atoms with Gasteiger partial charge in [-0.3, -0.25) is 24.5 Å². The molecule has 0 fully saturated rings. The second kappa shape index (κ2) is 7.11. The average molecular weight is 300 g/mol. The van der Waals surface area contributed by atoms with Gasteiger partial charge in [-0.1, -0.05) is 6.07 Å². The van der Waals surface area contributed by atoms with Crippen molar-refractivity contribution in [1.29, 1.82) is 0 Å². The maximum Gasteiger partial charge on any atom is 0.257 e. The molecule has 1 heterocycles.